The fourth-order valence-corrected chi connectivity index (χ4v) is 4.26. The van der Waals surface area contributed by atoms with Crippen molar-refractivity contribution in [3.63, 3.8) is 0 Å². The van der Waals surface area contributed by atoms with Crippen molar-refractivity contribution in [3.8, 4) is 0 Å². The second-order valence-electron chi connectivity index (χ2n) is 7.99. The molecule has 1 heterocycles. The number of nitrogen functional groups attached to an aromatic ring is 1. The summed E-state index contributed by atoms with van der Waals surface area (Å²) in [6, 6.07) is 2.57. The van der Waals surface area contributed by atoms with Crippen molar-refractivity contribution in [3.05, 3.63) is 93.0 Å². The van der Waals surface area contributed by atoms with Crippen LogP contribution in [-0.2, 0) is 6.18 Å². The van der Waals surface area contributed by atoms with Gasteiger partial charge in [0, 0.05) is 27.5 Å². The molecule has 3 aromatic carbocycles. The van der Waals surface area contributed by atoms with E-state index >= 15 is 0 Å². The van der Waals surface area contributed by atoms with E-state index in [-0.39, 0.29) is 33.6 Å². The summed E-state index contributed by atoms with van der Waals surface area (Å²) in [4.78, 5) is 12.8. The zero-order valence-electron chi connectivity index (χ0n) is 17.7. The molecule has 2 atom stereocenters. The molecule has 1 aliphatic heterocycles. The largest absolute Gasteiger partial charge is 0.416 e. The molecule has 4 nitrogen and oxygen atoms in total. The molecule has 0 aliphatic carbocycles. The monoisotopic (exact) mass is 535 g/mol. The topological polar surface area (TPSA) is 67.1 Å². The molecule has 0 saturated heterocycles. The number of amides is 1. The summed E-state index contributed by atoms with van der Waals surface area (Å²) >= 11 is 6.12. The first-order valence-electron chi connectivity index (χ1n) is 10.1. The Balaban J connectivity index is 1.84. The number of carbonyl (C=O) groups excluding carboxylic acids is 1. The highest BCUT2D eigenvalue weighted by Gasteiger charge is 2.49. The van der Waals surface area contributed by atoms with Crippen molar-refractivity contribution in [2.45, 2.75) is 24.4 Å². The lowest BCUT2D eigenvalue weighted by Gasteiger charge is -2.20. The number of hydrogen-bond donors (Lipinski definition) is 3. The van der Waals surface area contributed by atoms with E-state index in [1.165, 1.54) is 0 Å². The summed E-state index contributed by atoms with van der Waals surface area (Å²) in [5.41, 5.74) is 2.39. The highest BCUT2D eigenvalue weighted by Crippen LogP contribution is 2.49. The summed E-state index contributed by atoms with van der Waals surface area (Å²) in [5, 5.41) is 4.44. The fourth-order valence-electron chi connectivity index (χ4n) is 4.03. The van der Waals surface area contributed by atoms with Crippen LogP contribution in [0.25, 0.3) is 0 Å². The first-order chi connectivity index (χ1) is 16.6. The van der Waals surface area contributed by atoms with E-state index in [2.05, 4.69) is 10.6 Å². The number of nitrogens with two attached hydrogens (primary N) is 1. The van der Waals surface area contributed by atoms with Crippen molar-refractivity contribution in [2.75, 3.05) is 11.1 Å². The Morgan fingerprint density at radius 2 is 1.61 bits per heavy atom. The minimum atomic E-state index is -4.96. The van der Waals surface area contributed by atoms with Crippen LogP contribution in [0.3, 0.4) is 0 Å². The third kappa shape index (κ3) is 4.96. The van der Waals surface area contributed by atoms with Gasteiger partial charge in [0.1, 0.15) is 17.7 Å². The predicted octanol–water partition coefficient (Wildman–Crippen LogP) is 6.77. The number of carbonyl (C=O) groups is 1. The maximum Gasteiger partial charge on any atom is 0.416 e. The van der Waals surface area contributed by atoms with Gasteiger partial charge in [0.05, 0.1) is 11.6 Å². The number of anilines is 2. The van der Waals surface area contributed by atoms with Crippen molar-refractivity contribution in [2.24, 2.45) is 0 Å². The second kappa shape index (κ2) is 8.93. The third-order valence-corrected chi connectivity index (χ3v) is 5.84. The van der Waals surface area contributed by atoms with E-state index < -0.39 is 58.7 Å². The molecule has 0 radical (unpaired) electrons. The predicted molar refractivity (Wildman–Crippen MR) is 115 cm³/mol. The van der Waals surface area contributed by atoms with Gasteiger partial charge >= 0.3 is 12.4 Å². The van der Waals surface area contributed by atoms with Crippen molar-refractivity contribution >= 4 is 28.9 Å². The van der Waals surface area contributed by atoms with Crippen LogP contribution in [0, 0.1) is 11.6 Å². The minimum Gasteiger partial charge on any atom is -0.399 e. The van der Waals surface area contributed by atoms with Gasteiger partial charge in [0.15, 0.2) is 0 Å². The number of halogens is 9. The Morgan fingerprint density at radius 3 is 2.25 bits per heavy atom. The van der Waals surface area contributed by atoms with Gasteiger partial charge in [-0.1, -0.05) is 11.6 Å². The molecule has 190 valence electrons. The van der Waals surface area contributed by atoms with Gasteiger partial charge in [-0.3, -0.25) is 10.1 Å². The van der Waals surface area contributed by atoms with Gasteiger partial charge < -0.3 is 11.1 Å². The van der Waals surface area contributed by atoms with Gasteiger partial charge in [-0.25, -0.2) is 8.78 Å². The van der Waals surface area contributed by atoms with Gasteiger partial charge in [0.2, 0.25) is 0 Å². The highest BCUT2D eigenvalue weighted by molar-refractivity contribution is 6.31. The van der Waals surface area contributed by atoms with Crippen LogP contribution in [0.15, 0.2) is 48.5 Å². The molecule has 2 unspecified atom stereocenters. The Labute approximate surface area is 203 Å². The van der Waals surface area contributed by atoms with E-state index in [0.29, 0.717) is 12.1 Å². The number of fused-ring (bicyclic) bond motifs is 1. The molecule has 36 heavy (non-hydrogen) atoms. The maximum atomic E-state index is 13.9. The smallest absolute Gasteiger partial charge is 0.399 e. The Kier molecular flexibility index (Phi) is 6.38. The number of alkyl halides is 6. The molecule has 1 amide bonds. The first-order valence-corrected chi connectivity index (χ1v) is 10.4. The molecule has 4 N–H and O–H groups in total. The van der Waals surface area contributed by atoms with E-state index in [1.807, 2.05) is 0 Å². The highest BCUT2D eigenvalue weighted by atomic mass is 35.5. The van der Waals surface area contributed by atoms with Gasteiger partial charge in [-0.2, -0.15) is 26.3 Å². The zero-order chi connectivity index (χ0) is 26.6. The van der Waals surface area contributed by atoms with Crippen LogP contribution >= 0.6 is 11.6 Å². The molecular formula is C23H14ClF8N3O. The summed E-state index contributed by atoms with van der Waals surface area (Å²) in [7, 11) is 0. The molecule has 0 fully saturated rings. The molecule has 3 aromatic rings. The van der Waals surface area contributed by atoms with E-state index in [4.69, 9.17) is 17.3 Å². The lowest BCUT2D eigenvalue weighted by molar-refractivity contribution is -0.156. The molecule has 0 aromatic heterocycles. The SMILES string of the molecule is Nc1cc(NC(=O)c2cc(F)cc(C(F)(F)F)c2)c2c(c1)C(C(F)(F)F)NC2c1cc(F)ccc1Cl. The van der Waals surface area contributed by atoms with Crippen LogP contribution in [0.1, 0.15) is 44.7 Å². The van der Waals surface area contributed by atoms with Gasteiger partial charge in [-0.05, 0) is 59.7 Å². The van der Waals surface area contributed by atoms with E-state index in [9.17, 15) is 39.9 Å². The normalized spacial score (nSPS) is 17.7. The molecular weight excluding hydrogens is 522 g/mol. The Bertz CT molecular complexity index is 1360. The molecule has 13 heteroatoms. The van der Waals surface area contributed by atoms with E-state index in [0.717, 1.165) is 30.3 Å². The third-order valence-electron chi connectivity index (χ3n) is 5.50. The summed E-state index contributed by atoms with van der Waals surface area (Å²) in [5.74, 6) is -3.39. The summed E-state index contributed by atoms with van der Waals surface area (Å²) < 4.78 is 109. The van der Waals surface area contributed by atoms with Crippen molar-refractivity contribution in [1.29, 1.82) is 0 Å². The lowest BCUT2D eigenvalue weighted by atomic mass is 9.94. The van der Waals surface area contributed by atoms with Crippen LogP contribution in [-0.4, -0.2) is 12.1 Å². The first kappa shape index (κ1) is 25.7. The summed E-state index contributed by atoms with van der Waals surface area (Å²) in [6.45, 7) is 0. The number of benzene rings is 3. The Morgan fingerprint density at radius 1 is 0.917 bits per heavy atom. The van der Waals surface area contributed by atoms with Crippen molar-refractivity contribution in [1.82, 2.24) is 5.32 Å². The fraction of sp³-hybridized carbons (Fsp3) is 0.174. The maximum absolute atomic E-state index is 13.9. The molecule has 0 saturated carbocycles. The standard InChI is InChI=1S/C23H14ClF8N3O/c24-16-2-1-11(25)6-14(16)19-18-15(20(35-19)23(30,31)32)7-13(33)8-17(18)34-21(36)9-3-10(22(27,28)29)5-12(26)4-9/h1-8,19-20,35H,33H2,(H,34,36). The Hall–Kier alpha value is -3.38. The van der Waals surface area contributed by atoms with Crippen LogP contribution in [0.2, 0.25) is 5.02 Å². The average Bonchev–Trinajstić information content (AvgIpc) is 3.14. The van der Waals surface area contributed by atoms with Crippen LogP contribution < -0.4 is 16.4 Å². The minimum absolute atomic E-state index is 0.0864. The molecule has 0 bridgehead atoms. The number of hydrogen-bond acceptors (Lipinski definition) is 3. The number of rotatable bonds is 3. The van der Waals surface area contributed by atoms with E-state index in [1.54, 1.807) is 0 Å². The van der Waals surface area contributed by atoms with Crippen molar-refractivity contribution < 1.29 is 39.9 Å². The molecule has 0 spiro atoms. The molecule has 4 rings (SSSR count). The average molecular weight is 536 g/mol. The molecule has 1 aliphatic rings. The zero-order valence-corrected chi connectivity index (χ0v) is 18.4. The number of nitrogens with one attached hydrogen (secondary N) is 2. The quantitative estimate of drug-likeness (QED) is 0.256. The van der Waals surface area contributed by atoms with Gasteiger partial charge in [-0.15, -0.1) is 0 Å². The summed E-state index contributed by atoms with van der Waals surface area (Å²) in [6.07, 6.45) is -9.80. The van der Waals surface area contributed by atoms with Crippen LogP contribution in [0.5, 0.6) is 0 Å². The van der Waals surface area contributed by atoms with Gasteiger partial charge in [0.25, 0.3) is 5.91 Å². The van der Waals surface area contributed by atoms with Crippen LogP contribution in [0.4, 0.5) is 46.5 Å². The lowest BCUT2D eigenvalue weighted by Crippen LogP contribution is -2.31. The second-order valence-corrected chi connectivity index (χ2v) is 8.40.